The fourth-order valence-electron chi connectivity index (χ4n) is 4.04. The summed E-state index contributed by atoms with van der Waals surface area (Å²) >= 11 is 0. The van der Waals surface area contributed by atoms with Crippen molar-refractivity contribution in [2.24, 2.45) is 23.7 Å². The molecular weight excluding hydrogens is 306 g/mol. The van der Waals surface area contributed by atoms with Crippen LogP contribution in [0.2, 0.25) is 0 Å². The first kappa shape index (κ1) is 19.0. The third-order valence-corrected chi connectivity index (χ3v) is 5.28. The molecule has 2 heterocycles. The monoisotopic (exact) mass is 339 g/mol. The largest absolute Gasteiger partial charge is 0.481 e. The number of carbonyl (C=O) groups excluding carboxylic acids is 1. The number of carboxylic acid groups (broad SMARTS) is 1. The second-order valence-corrected chi connectivity index (χ2v) is 8.00. The predicted molar refractivity (Wildman–Crippen MR) is 93.9 cm³/mol. The van der Waals surface area contributed by atoms with Gasteiger partial charge in [-0.05, 0) is 43.6 Å². The third-order valence-electron chi connectivity index (χ3n) is 5.28. The van der Waals surface area contributed by atoms with Crippen LogP contribution in [0.15, 0.2) is 0 Å². The number of hydrogen-bond donors (Lipinski definition) is 2. The number of aliphatic carboxylic acids is 1. The normalized spacial score (nSPS) is 28.8. The third kappa shape index (κ3) is 5.36. The van der Waals surface area contributed by atoms with Crippen molar-refractivity contribution in [3.05, 3.63) is 0 Å². The molecule has 24 heavy (non-hydrogen) atoms. The Balaban J connectivity index is 1.74. The number of amides is 2. The topological polar surface area (TPSA) is 72.9 Å². The lowest BCUT2D eigenvalue weighted by atomic mass is 9.87. The minimum Gasteiger partial charge on any atom is -0.481 e. The molecule has 0 aliphatic carbocycles. The average molecular weight is 339 g/mol. The van der Waals surface area contributed by atoms with Crippen LogP contribution < -0.4 is 5.32 Å². The Bertz CT molecular complexity index is 441. The quantitative estimate of drug-likeness (QED) is 0.804. The van der Waals surface area contributed by atoms with E-state index in [4.69, 9.17) is 0 Å². The average Bonchev–Trinajstić information content (AvgIpc) is 2.51. The molecule has 0 aromatic carbocycles. The smallest absolute Gasteiger partial charge is 0.317 e. The zero-order chi connectivity index (χ0) is 17.7. The molecule has 6 heteroatoms. The summed E-state index contributed by atoms with van der Waals surface area (Å²) in [5.74, 6) is 0.149. The molecule has 0 radical (unpaired) electrons. The van der Waals surface area contributed by atoms with Crippen LogP contribution in [0.25, 0.3) is 0 Å². The Morgan fingerprint density at radius 1 is 1.21 bits per heavy atom. The Labute approximate surface area is 145 Å². The van der Waals surface area contributed by atoms with Gasteiger partial charge in [0.15, 0.2) is 0 Å². The van der Waals surface area contributed by atoms with Crippen LogP contribution in [0.5, 0.6) is 0 Å². The number of hydrogen-bond acceptors (Lipinski definition) is 3. The number of rotatable bonds is 5. The van der Waals surface area contributed by atoms with E-state index in [0.717, 1.165) is 19.6 Å². The molecule has 2 saturated heterocycles. The van der Waals surface area contributed by atoms with Crippen LogP contribution in [0.3, 0.4) is 0 Å². The van der Waals surface area contributed by atoms with Crippen LogP contribution in [0, 0.1) is 23.7 Å². The molecule has 3 atom stereocenters. The highest BCUT2D eigenvalue weighted by Crippen LogP contribution is 2.23. The Kier molecular flexibility index (Phi) is 6.90. The lowest BCUT2D eigenvalue weighted by Crippen LogP contribution is -2.50. The maximum Gasteiger partial charge on any atom is 0.317 e. The first-order valence-corrected chi connectivity index (χ1v) is 9.34. The van der Waals surface area contributed by atoms with E-state index in [1.165, 1.54) is 19.4 Å². The van der Waals surface area contributed by atoms with Gasteiger partial charge in [0, 0.05) is 32.7 Å². The summed E-state index contributed by atoms with van der Waals surface area (Å²) in [7, 11) is 0. The molecule has 0 aromatic heterocycles. The summed E-state index contributed by atoms with van der Waals surface area (Å²) in [5, 5.41) is 12.2. The van der Waals surface area contributed by atoms with E-state index >= 15 is 0 Å². The van der Waals surface area contributed by atoms with Crippen molar-refractivity contribution in [1.82, 2.24) is 15.1 Å². The number of likely N-dealkylation sites (tertiary alicyclic amines) is 2. The number of nitrogens with one attached hydrogen (secondary N) is 1. The molecule has 0 bridgehead atoms. The van der Waals surface area contributed by atoms with Gasteiger partial charge in [-0.2, -0.15) is 0 Å². The predicted octanol–water partition coefficient (Wildman–Crippen LogP) is 2.11. The first-order valence-electron chi connectivity index (χ1n) is 9.34. The van der Waals surface area contributed by atoms with E-state index in [9.17, 15) is 14.7 Å². The number of nitrogens with zero attached hydrogens (tertiary/aromatic N) is 2. The zero-order valence-electron chi connectivity index (χ0n) is 15.3. The number of carbonyl (C=O) groups is 2. The van der Waals surface area contributed by atoms with Crippen molar-refractivity contribution in [3.63, 3.8) is 0 Å². The van der Waals surface area contributed by atoms with Crippen molar-refractivity contribution >= 4 is 12.0 Å². The van der Waals surface area contributed by atoms with Gasteiger partial charge in [0.2, 0.25) is 0 Å². The van der Waals surface area contributed by atoms with Crippen molar-refractivity contribution in [3.8, 4) is 0 Å². The standard InChI is InChI=1S/C18H33N3O3/c1-13(2)10-20-7-4-5-15(12-20)9-19-18(24)21-8-6-16(17(22)23)14(3)11-21/h13-16H,4-12H2,1-3H3,(H,19,24)(H,22,23). The molecule has 138 valence electrons. The van der Waals surface area contributed by atoms with Gasteiger partial charge in [0.25, 0.3) is 0 Å². The lowest BCUT2D eigenvalue weighted by Gasteiger charge is -2.36. The fourth-order valence-corrected chi connectivity index (χ4v) is 4.04. The minimum absolute atomic E-state index is 0.0122. The summed E-state index contributed by atoms with van der Waals surface area (Å²) in [5.41, 5.74) is 0. The molecule has 2 N–H and O–H groups in total. The van der Waals surface area contributed by atoms with Crippen molar-refractivity contribution in [2.75, 3.05) is 39.3 Å². The van der Waals surface area contributed by atoms with Gasteiger partial charge in [0.1, 0.15) is 0 Å². The van der Waals surface area contributed by atoms with E-state index < -0.39 is 5.97 Å². The molecule has 2 aliphatic heterocycles. The van der Waals surface area contributed by atoms with Gasteiger partial charge in [-0.1, -0.05) is 20.8 Å². The Morgan fingerprint density at radius 2 is 1.96 bits per heavy atom. The summed E-state index contributed by atoms with van der Waals surface area (Å²) in [6.45, 7) is 11.6. The van der Waals surface area contributed by atoms with Crippen LogP contribution in [-0.2, 0) is 4.79 Å². The lowest BCUT2D eigenvalue weighted by molar-refractivity contribution is -0.145. The van der Waals surface area contributed by atoms with Crippen LogP contribution in [0.1, 0.15) is 40.0 Å². The van der Waals surface area contributed by atoms with Gasteiger partial charge in [-0.3, -0.25) is 4.79 Å². The number of urea groups is 1. The molecule has 2 amide bonds. The second-order valence-electron chi connectivity index (χ2n) is 8.00. The van der Waals surface area contributed by atoms with Gasteiger partial charge >= 0.3 is 12.0 Å². The highest BCUT2D eigenvalue weighted by molar-refractivity contribution is 5.75. The summed E-state index contributed by atoms with van der Waals surface area (Å²) in [6, 6.07) is -0.0355. The number of carboxylic acids is 1. The molecule has 0 saturated carbocycles. The molecule has 3 unspecified atom stereocenters. The fraction of sp³-hybridized carbons (Fsp3) is 0.889. The van der Waals surface area contributed by atoms with E-state index in [-0.39, 0.29) is 17.9 Å². The maximum atomic E-state index is 12.4. The molecule has 6 nitrogen and oxygen atoms in total. The van der Waals surface area contributed by atoms with Crippen molar-refractivity contribution < 1.29 is 14.7 Å². The molecule has 2 aliphatic rings. The SMILES string of the molecule is CC(C)CN1CCCC(CNC(=O)N2CCC(C(=O)O)C(C)C2)C1. The zero-order valence-corrected chi connectivity index (χ0v) is 15.3. The summed E-state index contributed by atoms with van der Waals surface area (Å²) < 4.78 is 0. The van der Waals surface area contributed by atoms with Crippen LogP contribution in [0.4, 0.5) is 4.79 Å². The van der Waals surface area contributed by atoms with E-state index in [2.05, 4.69) is 24.1 Å². The molecule has 0 spiro atoms. The van der Waals surface area contributed by atoms with Gasteiger partial charge in [0.05, 0.1) is 5.92 Å². The minimum atomic E-state index is -0.741. The van der Waals surface area contributed by atoms with Crippen LogP contribution in [-0.4, -0.2) is 66.2 Å². The maximum absolute atomic E-state index is 12.4. The van der Waals surface area contributed by atoms with Crippen molar-refractivity contribution in [1.29, 1.82) is 0 Å². The van der Waals surface area contributed by atoms with Gasteiger partial charge in [-0.25, -0.2) is 4.79 Å². The summed E-state index contributed by atoms with van der Waals surface area (Å²) in [6.07, 6.45) is 2.93. The molecular formula is C18H33N3O3. The first-order chi connectivity index (χ1) is 11.4. The second kappa shape index (κ2) is 8.70. The van der Waals surface area contributed by atoms with Gasteiger partial charge in [-0.15, -0.1) is 0 Å². The van der Waals surface area contributed by atoms with Crippen LogP contribution >= 0.6 is 0 Å². The molecule has 2 rings (SSSR count). The molecule has 0 aromatic rings. The van der Waals surface area contributed by atoms with E-state index in [1.54, 1.807) is 4.90 Å². The number of piperidine rings is 2. The summed E-state index contributed by atoms with van der Waals surface area (Å²) in [4.78, 5) is 27.8. The Morgan fingerprint density at radius 3 is 2.58 bits per heavy atom. The molecule has 2 fully saturated rings. The highest BCUT2D eigenvalue weighted by Gasteiger charge is 2.33. The highest BCUT2D eigenvalue weighted by atomic mass is 16.4. The van der Waals surface area contributed by atoms with Gasteiger partial charge < -0.3 is 20.2 Å². The van der Waals surface area contributed by atoms with Crippen molar-refractivity contribution in [2.45, 2.75) is 40.0 Å². The Hall–Kier alpha value is -1.30. The van der Waals surface area contributed by atoms with E-state index in [1.807, 2.05) is 6.92 Å². The van der Waals surface area contributed by atoms with E-state index in [0.29, 0.717) is 31.3 Å².